The molecule has 2 N–H and O–H groups in total. The lowest BCUT2D eigenvalue weighted by Gasteiger charge is -2.22. The van der Waals surface area contributed by atoms with E-state index in [1.165, 1.54) is 6.07 Å². The SMILES string of the molecule is CCC(CCC(C)N)c1cc2c(cc1F)OCCO2. The molecule has 0 fully saturated rings. The van der Waals surface area contributed by atoms with Gasteiger partial charge in [-0.25, -0.2) is 4.39 Å². The standard InChI is InChI=1S/C15H22FNO2/c1-3-11(5-4-10(2)17)12-8-14-15(9-13(12)16)19-7-6-18-14/h8-11H,3-7,17H2,1-2H3. The highest BCUT2D eigenvalue weighted by atomic mass is 19.1. The number of fused-ring (bicyclic) bond motifs is 1. The van der Waals surface area contributed by atoms with Crippen LogP contribution in [0.4, 0.5) is 4.39 Å². The lowest BCUT2D eigenvalue weighted by atomic mass is 9.90. The third-order valence-electron chi connectivity index (χ3n) is 3.56. The number of hydrogen-bond acceptors (Lipinski definition) is 3. The van der Waals surface area contributed by atoms with Crippen LogP contribution in [0.2, 0.25) is 0 Å². The molecule has 0 aromatic heterocycles. The quantitative estimate of drug-likeness (QED) is 0.891. The fraction of sp³-hybridized carbons (Fsp3) is 0.600. The molecule has 0 spiro atoms. The Labute approximate surface area is 113 Å². The summed E-state index contributed by atoms with van der Waals surface area (Å²) in [6.07, 6.45) is 2.68. The molecule has 1 aromatic carbocycles. The van der Waals surface area contributed by atoms with Crippen LogP contribution < -0.4 is 15.2 Å². The highest BCUT2D eigenvalue weighted by Gasteiger charge is 2.20. The van der Waals surface area contributed by atoms with Gasteiger partial charge in [0.05, 0.1) is 0 Å². The summed E-state index contributed by atoms with van der Waals surface area (Å²) in [5.74, 6) is 1.14. The molecule has 2 atom stereocenters. The average Bonchev–Trinajstić information content (AvgIpc) is 2.39. The summed E-state index contributed by atoms with van der Waals surface area (Å²) in [6.45, 7) is 5.05. The third-order valence-corrected chi connectivity index (χ3v) is 3.56. The molecule has 106 valence electrons. The Balaban J connectivity index is 2.21. The smallest absolute Gasteiger partial charge is 0.164 e. The summed E-state index contributed by atoms with van der Waals surface area (Å²) in [4.78, 5) is 0. The number of halogens is 1. The second-order valence-electron chi connectivity index (χ2n) is 5.18. The molecule has 1 aliphatic heterocycles. The fourth-order valence-corrected chi connectivity index (χ4v) is 2.44. The van der Waals surface area contributed by atoms with E-state index in [1.54, 1.807) is 6.07 Å². The van der Waals surface area contributed by atoms with Crippen molar-refractivity contribution in [3.05, 3.63) is 23.5 Å². The molecule has 0 aliphatic carbocycles. The second kappa shape index (κ2) is 6.24. The van der Waals surface area contributed by atoms with E-state index in [-0.39, 0.29) is 17.8 Å². The van der Waals surface area contributed by atoms with Crippen LogP contribution >= 0.6 is 0 Å². The van der Waals surface area contributed by atoms with E-state index >= 15 is 0 Å². The predicted molar refractivity (Wildman–Crippen MR) is 73.3 cm³/mol. The van der Waals surface area contributed by atoms with Gasteiger partial charge >= 0.3 is 0 Å². The maximum Gasteiger partial charge on any atom is 0.164 e. The van der Waals surface area contributed by atoms with Crippen LogP contribution in [0.3, 0.4) is 0 Å². The molecule has 19 heavy (non-hydrogen) atoms. The molecule has 0 radical (unpaired) electrons. The van der Waals surface area contributed by atoms with Crippen LogP contribution in [0.15, 0.2) is 12.1 Å². The second-order valence-corrected chi connectivity index (χ2v) is 5.18. The van der Waals surface area contributed by atoms with Gasteiger partial charge in [0.25, 0.3) is 0 Å². The van der Waals surface area contributed by atoms with E-state index in [0.29, 0.717) is 30.3 Å². The van der Waals surface area contributed by atoms with Crippen molar-refractivity contribution in [3.63, 3.8) is 0 Å². The molecule has 4 heteroatoms. The topological polar surface area (TPSA) is 44.5 Å². The van der Waals surface area contributed by atoms with Gasteiger partial charge in [-0.3, -0.25) is 0 Å². The number of benzene rings is 1. The molecular weight excluding hydrogens is 245 g/mol. The van der Waals surface area contributed by atoms with Crippen LogP contribution in [0, 0.1) is 5.82 Å². The third kappa shape index (κ3) is 3.38. The lowest BCUT2D eigenvalue weighted by molar-refractivity contribution is 0.170. The molecule has 3 nitrogen and oxygen atoms in total. The van der Waals surface area contributed by atoms with Gasteiger partial charge < -0.3 is 15.2 Å². The lowest BCUT2D eigenvalue weighted by Crippen LogP contribution is -2.17. The van der Waals surface area contributed by atoms with Gasteiger partial charge in [0.2, 0.25) is 0 Å². The Morgan fingerprint density at radius 1 is 1.21 bits per heavy atom. The maximum absolute atomic E-state index is 14.2. The highest BCUT2D eigenvalue weighted by molar-refractivity contribution is 5.45. The van der Waals surface area contributed by atoms with Gasteiger partial charge in [-0.2, -0.15) is 0 Å². The van der Waals surface area contributed by atoms with E-state index in [1.807, 2.05) is 6.92 Å². The van der Waals surface area contributed by atoms with Crippen LogP contribution in [-0.2, 0) is 0 Å². The van der Waals surface area contributed by atoms with Gasteiger partial charge in [-0.1, -0.05) is 6.92 Å². The summed E-state index contributed by atoms with van der Waals surface area (Å²) >= 11 is 0. The molecule has 2 rings (SSSR count). The van der Waals surface area contributed by atoms with Crippen molar-refractivity contribution in [2.24, 2.45) is 5.73 Å². The molecule has 1 aliphatic rings. The van der Waals surface area contributed by atoms with Crippen LogP contribution in [-0.4, -0.2) is 19.3 Å². The monoisotopic (exact) mass is 267 g/mol. The Kier molecular flexibility index (Phi) is 4.64. The Hall–Kier alpha value is -1.29. The van der Waals surface area contributed by atoms with E-state index in [4.69, 9.17) is 15.2 Å². The Morgan fingerprint density at radius 2 is 1.84 bits per heavy atom. The van der Waals surface area contributed by atoms with Crippen molar-refractivity contribution in [2.45, 2.75) is 45.1 Å². The summed E-state index contributed by atoms with van der Waals surface area (Å²) in [5, 5.41) is 0. The summed E-state index contributed by atoms with van der Waals surface area (Å²) < 4.78 is 25.1. The largest absolute Gasteiger partial charge is 0.486 e. The van der Waals surface area contributed by atoms with E-state index in [2.05, 4.69) is 6.92 Å². The molecule has 1 aromatic rings. The van der Waals surface area contributed by atoms with Crippen molar-refractivity contribution in [2.75, 3.05) is 13.2 Å². The summed E-state index contributed by atoms with van der Waals surface area (Å²) in [7, 11) is 0. The highest BCUT2D eigenvalue weighted by Crippen LogP contribution is 2.37. The minimum absolute atomic E-state index is 0.148. The van der Waals surface area contributed by atoms with Gasteiger partial charge in [0, 0.05) is 12.1 Å². The van der Waals surface area contributed by atoms with Gasteiger partial charge in [0.15, 0.2) is 11.5 Å². The number of rotatable bonds is 5. The molecule has 2 unspecified atom stereocenters. The number of ether oxygens (including phenoxy) is 2. The van der Waals surface area contributed by atoms with Crippen molar-refractivity contribution in [1.29, 1.82) is 0 Å². The van der Waals surface area contributed by atoms with Crippen LogP contribution in [0.25, 0.3) is 0 Å². The first-order valence-corrected chi connectivity index (χ1v) is 6.96. The zero-order chi connectivity index (χ0) is 13.8. The number of hydrogen-bond donors (Lipinski definition) is 1. The molecular formula is C15H22FNO2. The van der Waals surface area contributed by atoms with E-state index in [0.717, 1.165) is 19.3 Å². The molecule has 0 saturated carbocycles. The molecule has 0 saturated heterocycles. The van der Waals surface area contributed by atoms with E-state index in [9.17, 15) is 4.39 Å². The van der Waals surface area contributed by atoms with Crippen molar-refractivity contribution in [3.8, 4) is 11.5 Å². The van der Waals surface area contributed by atoms with Crippen molar-refractivity contribution >= 4 is 0 Å². The van der Waals surface area contributed by atoms with Crippen LogP contribution in [0.5, 0.6) is 11.5 Å². The van der Waals surface area contributed by atoms with Crippen LogP contribution in [0.1, 0.15) is 44.6 Å². The molecule has 0 bridgehead atoms. The minimum Gasteiger partial charge on any atom is -0.486 e. The van der Waals surface area contributed by atoms with E-state index < -0.39 is 0 Å². The average molecular weight is 267 g/mol. The van der Waals surface area contributed by atoms with Gasteiger partial charge in [0.1, 0.15) is 19.0 Å². The minimum atomic E-state index is -0.208. The molecule has 0 amide bonds. The Morgan fingerprint density at radius 3 is 2.42 bits per heavy atom. The van der Waals surface area contributed by atoms with Gasteiger partial charge in [-0.15, -0.1) is 0 Å². The van der Waals surface area contributed by atoms with Crippen molar-refractivity contribution in [1.82, 2.24) is 0 Å². The first kappa shape index (κ1) is 14.1. The number of nitrogens with two attached hydrogens (primary N) is 1. The normalized spacial score (nSPS) is 17.1. The van der Waals surface area contributed by atoms with Gasteiger partial charge in [-0.05, 0) is 43.7 Å². The summed E-state index contributed by atoms with van der Waals surface area (Å²) in [5.41, 5.74) is 6.50. The first-order chi connectivity index (χ1) is 9.11. The summed E-state index contributed by atoms with van der Waals surface area (Å²) in [6, 6.07) is 3.38. The molecule has 1 heterocycles. The maximum atomic E-state index is 14.2. The predicted octanol–water partition coefficient (Wildman–Crippen LogP) is 3.22. The van der Waals surface area contributed by atoms with Crippen molar-refractivity contribution < 1.29 is 13.9 Å². The zero-order valence-electron chi connectivity index (χ0n) is 11.6. The Bertz CT molecular complexity index is 434. The zero-order valence-corrected chi connectivity index (χ0v) is 11.6. The first-order valence-electron chi connectivity index (χ1n) is 6.96. The fourth-order valence-electron chi connectivity index (χ4n) is 2.44.